The van der Waals surface area contributed by atoms with E-state index in [1.54, 1.807) is 25.1 Å². The second-order valence-electron chi connectivity index (χ2n) is 6.54. The van der Waals surface area contributed by atoms with Crippen LogP contribution in [0.4, 0.5) is 0 Å². The summed E-state index contributed by atoms with van der Waals surface area (Å²) in [5.41, 5.74) is 1.15. The number of benzene rings is 1. The van der Waals surface area contributed by atoms with E-state index in [2.05, 4.69) is 21.9 Å². The zero-order valence-corrected chi connectivity index (χ0v) is 15.9. The Morgan fingerprint density at radius 3 is 2.70 bits per heavy atom. The van der Waals surface area contributed by atoms with Gasteiger partial charge in [0.15, 0.2) is 0 Å². The Morgan fingerprint density at radius 1 is 1.26 bits per heavy atom. The lowest BCUT2D eigenvalue weighted by atomic mass is 10.1. The van der Waals surface area contributed by atoms with E-state index in [4.69, 9.17) is 0 Å². The van der Waals surface area contributed by atoms with Crippen LogP contribution in [-0.4, -0.2) is 48.9 Å². The number of esters is 1. The number of methoxy groups -OCH3 is 1. The second-order valence-corrected chi connectivity index (χ2v) is 6.54. The molecule has 0 aliphatic carbocycles. The van der Waals surface area contributed by atoms with Gasteiger partial charge < -0.3 is 15.0 Å². The number of carbonyl (C=O) groups is 3. The molecule has 0 bridgehead atoms. The van der Waals surface area contributed by atoms with Gasteiger partial charge in [0.2, 0.25) is 5.91 Å². The molecule has 0 spiro atoms. The van der Waals surface area contributed by atoms with Crippen LogP contribution in [0, 0.1) is 11.8 Å². The predicted octanol–water partition coefficient (Wildman–Crippen LogP) is 2.12. The zero-order chi connectivity index (χ0) is 19.6. The summed E-state index contributed by atoms with van der Waals surface area (Å²) in [7, 11) is 1.28. The molecular formula is C21H26N2O4. The number of rotatable bonds is 6. The van der Waals surface area contributed by atoms with Gasteiger partial charge in [0.25, 0.3) is 5.91 Å². The first-order valence-corrected chi connectivity index (χ1v) is 9.26. The van der Waals surface area contributed by atoms with Crippen molar-refractivity contribution in [1.29, 1.82) is 0 Å². The molecule has 1 aliphatic rings. The van der Waals surface area contributed by atoms with Crippen molar-refractivity contribution < 1.29 is 19.1 Å². The van der Waals surface area contributed by atoms with E-state index in [0.717, 1.165) is 37.9 Å². The van der Waals surface area contributed by atoms with Crippen molar-refractivity contribution in [2.45, 2.75) is 45.1 Å². The van der Waals surface area contributed by atoms with E-state index in [1.807, 2.05) is 11.0 Å². The average molecular weight is 370 g/mol. The van der Waals surface area contributed by atoms with Crippen LogP contribution in [-0.2, 0) is 14.3 Å². The normalized spacial score (nSPS) is 14.1. The molecule has 2 rings (SSSR count). The van der Waals surface area contributed by atoms with Crippen LogP contribution in [0.3, 0.4) is 0 Å². The number of ether oxygens (including phenoxy) is 1. The average Bonchev–Trinajstić information content (AvgIpc) is 3.22. The maximum Gasteiger partial charge on any atom is 0.328 e. The Morgan fingerprint density at radius 2 is 2.00 bits per heavy atom. The molecule has 1 fully saturated rings. The Hall–Kier alpha value is -2.81. The van der Waals surface area contributed by atoms with Gasteiger partial charge in [-0.05, 0) is 44.4 Å². The predicted molar refractivity (Wildman–Crippen MR) is 102 cm³/mol. The molecule has 6 heteroatoms. The summed E-state index contributed by atoms with van der Waals surface area (Å²) in [6.07, 6.45) is 4.11. The van der Waals surface area contributed by atoms with E-state index >= 15 is 0 Å². The molecule has 0 aromatic heterocycles. The Kier molecular flexibility index (Phi) is 7.87. The second kappa shape index (κ2) is 10.4. The molecule has 0 unspecified atom stereocenters. The first-order valence-electron chi connectivity index (χ1n) is 9.26. The Bertz CT molecular complexity index is 742. The highest BCUT2D eigenvalue weighted by Gasteiger charge is 2.17. The molecule has 1 saturated heterocycles. The number of amides is 2. The molecule has 144 valence electrons. The fourth-order valence-electron chi connectivity index (χ4n) is 2.87. The van der Waals surface area contributed by atoms with E-state index in [1.165, 1.54) is 7.11 Å². The quantitative estimate of drug-likeness (QED) is 0.473. The van der Waals surface area contributed by atoms with Crippen molar-refractivity contribution in [2.24, 2.45) is 0 Å². The van der Waals surface area contributed by atoms with Gasteiger partial charge in [0.1, 0.15) is 6.04 Å². The highest BCUT2D eigenvalue weighted by atomic mass is 16.5. The van der Waals surface area contributed by atoms with Crippen LogP contribution in [0.1, 0.15) is 54.9 Å². The van der Waals surface area contributed by atoms with Crippen molar-refractivity contribution in [3.63, 3.8) is 0 Å². The lowest BCUT2D eigenvalue weighted by Crippen LogP contribution is -2.39. The third kappa shape index (κ3) is 6.45. The lowest BCUT2D eigenvalue weighted by molar-refractivity contribution is -0.142. The molecule has 0 saturated carbocycles. The molecule has 0 radical (unpaired) electrons. The molecule has 6 nitrogen and oxygen atoms in total. The van der Waals surface area contributed by atoms with E-state index in [9.17, 15) is 14.4 Å². The molecule has 1 aliphatic heterocycles. The minimum Gasteiger partial charge on any atom is -0.467 e. The van der Waals surface area contributed by atoms with Crippen molar-refractivity contribution >= 4 is 17.8 Å². The van der Waals surface area contributed by atoms with Gasteiger partial charge in [0.05, 0.1) is 7.11 Å². The van der Waals surface area contributed by atoms with Crippen LogP contribution in [0.5, 0.6) is 0 Å². The molecule has 1 heterocycles. The van der Waals surface area contributed by atoms with Crippen molar-refractivity contribution in [1.82, 2.24) is 10.2 Å². The SMILES string of the molecule is COC(=O)[C@@H](C)NC(=O)c1cccc(C#CCCCC(=O)N2CCCC2)c1. The lowest BCUT2D eigenvalue weighted by Gasteiger charge is -2.14. The zero-order valence-electron chi connectivity index (χ0n) is 15.9. The number of nitrogens with one attached hydrogen (secondary N) is 1. The summed E-state index contributed by atoms with van der Waals surface area (Å²) in [6.45, 7) is 3.33. The van der Waals surface area contributed by atoms with E-state index in [0.29, 0.717) is 18.4 Å². The van der Waals surface area contributed by atoms with Crippen molar-refractivity contribution in [3.05, 3.63) is 35.4 Å². The van der Waals surface area contributed by atoms with Gasteiger partial charge in [-0.1, -0.05) is 17.9 Å². The maximum atomic E-state index is 12.2. The molecule has 1 aromatic carbocycles. The fourth-order valence-corrected chi connectivity index (χ4v) is 2.87. The van der Waals surface area contributed by atoms with Gasteiger partial charge in [-0.25, -0.2) is 4.79 Å². The first-order chi connectivity index (χ1) is 13.0. The third-order valence-corrected chi connectivity index (χ3v) is 4.41. The summed E-state index contributed by atoms with van der Waals surface area (Å²) in [4.78, 5) is 37.5. The smallest absolute Gasteiger partial charge is 0.328 e. The van der Waals surface area contributed by atoms with Crippen LogP contribution in [0.25, 0.3) is 0 Å². The van der Waals surface area contributed by atoms with Gasteiger partial charge in [-0.15, -0.1) is 0 Å². The van der Waals surface area contributed by atoms with Crippen LogP contribution in [0.15, 0.2) is 24.3 Å². The number of unbranched alkanes of at least 4 members (excludes halogenated alkanes) is 1. The Balaban J connectivity index is 1.83. The minimum atomic E-state index is -0.717. The molecule has 1 N–H and O–H groups in total. The van der Waals surface area contributed by atoms with E-state index < -0.39 is 12.0 Å². The first kappa shape index (κ1) is 20.5. The van der Waals surface area contributed by atoms with Gasteiger partial charge in [-0.2, -0.15) is 0 Å². The fraction of sp³-hybridized carbons (Fsp3) is 0.476. The summed E-state index contributed by atoms with van der Waals surface area (Å²) >= 11 is 0. The number of likely N-dealkylation sites (tertiary alicyclic amines) is 1. The van der Waals surface area contributed by atoms with Crippen LogP contribution < -0.4 is 5.32 Å². The summed E-state index contributed by atoms with van der Waals surface area (Å²) in [5, 5.41) is 2.59. The summed E-state index contributed by atoms with van der Waals surface area (Å²) < 4.78 is 4.59. The molecule has 27 heavy (non-hydrogen) atoms. The van der Waals surface area contributed by atoms with Gasteiger partial charge >= 0.3 is 5.97 Å². The monoisotopic (exact) mass is 370 g/mol. The van der Waals surface area contributed by atoms with Gasteiger partial charge in [0, 0.05) is 37.1 Å². The van der Waals surface area contributed by atoms with E-state index in [-0.39, 0.29) is 11.8 Å². The standard InChI is InChI=1S/C21H26N2O4/c1-16(21(26)27-2)22-20(25)18-11-8-10-17(15-18)9-4-3-5-12-19(24)23-13-6-7-14-23/h8,10-11,15-16H,3,5-7,12-14H2,1-2H3,(H,22,25)/t16-/m1/s1. The highest BCUT2D eigenvalue weighted by molar-refractivity contribution is 5.96. The topological polar surface area (TPSA) is 75.7 Å². The maximum absolute atomic E-state index is 12.2. The van der Waals surface area contributed by atoms with Crippen LogP contribution >= 0.6 is 0 Å². The Labute approximate surface area is 160 Å². The minimum absolute atomic E-state index is 0.215. The number of nitrogens with zero attached hydrogens (tertiary/aromatic N) is 1. The molecular weight excluding hydrogens is 344 g/mol. The van der Waals surface area contributed by atoms with Crippen molar-refractivity contribution in [2.75, 3.05) is 20.2 Å². The number of hydrogen-bond donors (Lipinski definition) is 1. The summed E-state index contributed by atoms with van der Waals surface area (Å²) in [6, 6.07) is 6.20. The molecule has 2 amide bonds. The van der Waals surface area contributed by atoms with Crippen molar-refractivity contribution in [3.8, 4) is 11.8 Å². The molecule has 1 aromatic rings. The molecule has 1 atom stereocenters. The number of hydrogen-bond acceptors (Lipinski definition) is 4. The highest BCUT2D eigenvalue weighted by Crippen LogP contribution is 2.10. The third-order valence-electron chi connectivity index (χ3n) is 4.41. The largest absolute Gasteiger partial charge is 0.467 e. The number of carbonyl (C=O) groups excluding carboxylic acids is 3. The summed E-state index contributed by atoms with van der Waals surface area (Å²) in [5.74, 6) is 5.44. The van der Waals surface area contributed by atoms with Crippen LogP contribution in [0.2, 0.25) is 0 Å². The van der Waals surface area contributed by atoms with Gasteiger partial charge in [-0.3, -0.25) is 9.59 Å².